The van der Waals surface area contributed by atoms with Gasteiger partial charge in [0.1, 0.15) is 0 Å². The second-order valence-electron chi connectivity index (χ2n) is 4.71. The molecule has 0 atom stereocenters. The molecule has 1 saturated carbocycles. The second kappa shape index (κ2) is 4.65. The summed E-state index contributed by atoms with van der Waals surface area (Å²) in [5.41, 5.74) is 2.22. The molecule has 0 saturated heterocycles. The summed E-state index contributed by atoms with van der Waals surface area (Å²) in [5, 5.41) is 4.71. The molecule has 0 spiro atoms. The van der Waals surface area contributed by atoms with Crippen molar-refractivity contribution < 1.29 is 0 Å². The average molecular weight is 291 g/mol. The molecule has 2 aromatic rings. The number of pyridine rings is 1. The van der Waals surface area contributed by atoms with Gasteiger partial charge in [-0.25, -0.2) is 0 Å². The van der Waals surface area contributed by atoms with Crippen LogP contribution in [-0.4, -0.2) is 11.5 Å². The van der Waals surface area contributed by atoms with E-state index in [4.69, 9.17) is 0 Å². The van der Waals surface area contributed by atoms with Gasteiger partial charge in [-0.1, -0.05) is 18.6 Å². The van der Waals surface area contributed by atoms with Gasteiger partial charge in [-0.2, -0.15) is 0 Å². The van der Waals surface area contributed by atoms with E-state index in [9.17, 15) is 0 Å². The smallest absolute Gasteiger partial charge is 0.0934 e. The van der Waals surface area contributed by atoms with Crippen LogP contribution < -0.4 is 5.32 Å². The monoisotopic (exact) mass is 290 g/mol. The fourth-order valence-electron chi connectivity index (χ4n) is 2.23. The molecule has 17 heavy (non-hydrogen) atoms. The van der Waals surface area contributed by atoms with Gasteiger partial charge in [0.05, 0.1) is 11.2 Å². The first kappa shape index (κ1) is 11.0. The zero-order valence-electron chi connectivity index (χ0n) is 9.62. The zero-order valence-corrected chi connectivity index (χ0v) is 11.2. The van der Waals surface area contributed by atoms with E-state index in [0.29, 0.717) is 0 Å². The van der Waals surface area contributed by atoms with Crippen LogP contribution >= 0.6 is 15.9 Å². The SMILES string of the molecule is Brc1cnc2c(NCC3CCC3)cccc2c1. The topological polar surface area (TPSA) is 24.9 Å². The van der Waals surface area contributed by atoms with Crippen LogP contribution in [0.5, 0.6) is 0 Å². The van der Waals surface area contributed by atoms with Crippen molar-refractivity contribution in [3.63, 3.8) is 0 Å². The third-order valence-electron chi connectivity index (χ3n) is 3.48. The molecule has 0 bridgehead atoms. The molecule has 3 heteroatoms. The van der Waals surface area contributed by atoms with Gasteiger partial charge < -0.3 is 5.32 Å². The van der Waals surface area contributed by atoms with Crippen molar-refractivity contribution in [2.75, 3.05) is 11.9 Å². The normalized spacial score (nSPS) is 15.8. The zero-order chi connectivity index (χ0) is 11.7. The quantitative estimate of drug-likeness (QED) is 0.916. The molecular formula is C14H15BrN2. The molecule has 0 amide bonds. The van der Waals surface area contributed by atoms with Crippen LogP contribution in [0.25, 0.3) is 10.9 Å². The van der Waals surface area contributed by atoms with Crippen molar-refractivity contribution in [1.82, 2.24) is 4.98 Å². The number of benzene rings is 1. The number of hydrogen-bond donors (Lipinski definition) is 1. The predicted molar refractivity (Wildman–Crippen MR) is 75.3 cm³/mol. The van der Waals surface area contributed by atoms with Crippen LogP contribution in [0.4, 0.5) is 5.69 Å². The fraction of sp³-hybridized carbons (Fsp3) is 0.357. The molecule has 1 fully saturated rings. The number of aromatic nitrogens is 1. The van der Waals surface area contributed by atoms with E-state index in [0.717, 1.165) is 28.1 Å². The van der Waals surface area contributed by atoms with Crippen molar-refractivity contribution in [3.05, 3.63) is 34.9 Å². The molecule has 0 aliphatic heterocycles. The lowest BCUT2D eigenvalue weighted by Gasteiger charge is -2.26. The maximum Gasteiger partial charge on any atom is 0.0934 e. The first-order valence-corrected chi connectivity index (χ1v) is 6.90. The average Bonchev–Trinajstić information content (AvgIpc) is 2.26. The first-order valence-electron chi connectivity index (χ1n) is 6.11. The lowest BCUT2D eigenvalue weighted by Crippen LogP contribution is -2.21. The first-order chi connectivity index (χ1) is 8.33. The van der Waals surface area contributed by atoms with Crippen LogP contribution in [-0.2, 0) is 0 Å². The van der Waals surface area contributed by atoms with Crippen LogP contribution in [0.1, 0.15) is 19.3 Å². The summed E-state index contributed by atoms with van der Waals surface area (Å²) in [7, 11) is 0. The molecule has 1 aromatic heterocycles. The molecule has 88 valence electrons. The second-order valence-corrected chi connectivity index (χ2v) is 5.62. The van der Waals surface area contributed by atoms with Crippen molar-refractivity contribution in [1.29, 1.82) is 0 Å². The van der Waals surface area contributed by atoms with E-state index in [-0.39, 0.29) is 0 Å². The highest BCUT2D eigenvalue weighted by atomic mass is 79.9. The van der Waals surface area contributed by atoms with Gasteiger partial charge in [0.25, 0.3) is 0 Å². The number of anilines is 1. The Bertz CT molecular complexity index is 535. The number of nitrogens with zero attached hydrogens (tertiary/aromatic N) is 1. The number of nitrogens with one attached hydrogen (secondary N) is 1. The standard InChI is InChI=1S/C14H15BrN2/c15-12-7-11-5-2-6-13(14(11)17-9-12)16-8-10-3-1-4-10/h2,5-7,9-10,16H,1,3-4,8H2. The Kier molecular flexibility index (Phi) is 3.02. The summed E-state index contributed by atoms with van der Waals surface area (Å²) in [4.78, 5) is 4.49. The molecule has 0 radical (unpaired) electrons. The van der Waals surface area contributed by atoms with Crippen LogP contribution in [0, 0.1) is 5.92 Å². The van der Waals surface area contributed by atoms with Crippen molar-refractivity contribution in [3.8, 4) is 0 Å². The highest BCUT2D eigenvalue weighted by molar-refractivity contribution is 9.10. The van der Waals surface area contributed by atoms with Crippen LogP contribution in [0.15, 0.2) is 34.9 Å². The minimum atomic E-state index is 0.862. The number of rotatable bonds is 3. The lowest BCUT2D eigenvalue weighted by atomic mass is 9.85. The number of halogens is 1. The van der Waals surface area contributed by atoms with Crippen molar-refractivity contribution >= 4 is 32.5 Å². The van der Waals surface area contributed by atoms with Crippen molar-refractivity contribution in [2.45, 2.75) is 19.3 Å². The molecule has 1 aliphatic carbocycles. The molecule has 1 aromatic carbocycles. The highest BCUT2D eigenvalue weighted by Crippen LogP contribution is 2.28. The fourth-order valence-corrected chi connectivity index (χ4v) is 2.58. The molecular weight excluding hydrogens is 276 g/mol. The van der Waals surface area contributed by atoms with Gasteiger partial charge in [0.15, 0.2) is 0 Å². The summed E-state index contributed by atoms with van der Waals surface area (Å²) < 4.78 is 1.03. The third kappa shape index (κ3) is 2.29. The van der Waals surface area contributed by atoms with Gasteiger partial charge in [-0.3, -0.25) is 4.98 Å². The van der Waals surface area contributed by atoms with Crippen LogP contribution in [0.2, 0.25) is 0 Å². The number of fused-ring (bicyclic) bond motifs is 1. The maximum absolute atomic E-state index is 4.49. The van der Waals surface area contributed by atoms with Gasteiger partial charge in [-0.05, 0) is 46.8 Å². The highest BCUT2D eigenvalue weighted by Gasteiger charge is 2.17. The Morgan fingerprint density at radius 1 is 1.35 bits per heavy atom. The van der Waals surface area contributed by atoms with E-state index in [2.05, 4.69) is 50.5 Å². The van der Waals surface area contributed by atoms with Gasteiger partial charge in [0, 0.05) is 22.6 Å². The summed E-state index contributed by atoms with van der Waals surface area (Å²) in [6, 6.07) is 8.40. The molecule has 1 aliphatic rings. The molecule has 1 N–H and O–H groups in total. The van der Waals surface area contributed by atoms with E-state index in [1.54, 1.807) is 0 Å². The molecule has 0 unspecified atom stereocenters. The largest absolute Gasteiger partial charge is 0.383 e. The van der Waals surface area contributed by atoms with Gasteiger partial charge in [-0.15, -0.1) is 0 Å². The molecule has 2 nitrogen and oxygen atoms in total. The summed E-state index contributed by atoms with van der Waals surface area (Å²) in [6.45, 7) is 1.08. The molecule has 1 heterocycles. The summed E-state index contributed by atoms with van der Waals surface area (Å²) >= 11 is 3.46. The maximum atomic E-state index is 4.49. The van der Waals surface area contributed by atoms with Gasteiger partial charge >= 0.3 is 0 Å². The summed E-state index contributed by atoms with van der Waals surface area (Å²) in [6.07, 6.45) is 6.00. The Hall–Kier alpha value is -1.09. The lowest BCUT2D eigenvalue weighted by molar-refractivity contribution is 0.333. The van der Waals surface area contributed by atoms with E-state index in [1.165, 1.54) is 24.6 Å². The van der Waals surface area contributed by atoms with Gasteiger partial charge in [0.2, 0.25) is 0 Å². The Balaban J connectivity index is 1.87. The number of hydrogen-bond acceptors (Lipinski definition) is 2. The summed E-state index contributed by atoms with van der Waals surface area (Å²) in [5.74, 6) is 0.862. The van der Waals surface area contributed by atoms with Crippen LogP contribution in [0.3, 0.4) is 0 Å². The van der Waals surface area contributed by atoms with Crippen molar-refractivity contribution in [2.24, 2.45) is 5.92 Å². The Labute approximate surface area is 110 Å². The van der Waals surface area contributed by atoms with E-state index < -0.39 is 0 Å². The van der Waals surface area contributed by atoms with E-state index >= 15 is 0 Å². The minimum Gasteiger partial charge on any atom is -0.383 e. The van der Waals surface area contributed by atoms with E-state index in [1.807, 2.05) is 6.20 Å². The number of para-hydroxylation sites is 1. The Morgan fingerprint density at radius 3 is 3.00 bits per heavy atom. The Morgan fingerprint density at radius 2 is 2.24 bits per heavy atom. The molecule has 3 rings (SSSR count). The minimum absolute atomic E-state index is 0.862. The third-order valence-corrected chi connectivity index (χ3v) is 3.92. The predicted octanol–water partition coefficient (Wildman–Crippen LogP) is 4.21.